The van der Waals surface area contributed by atoms with E-state index in [4.69, 9.17) is 4.74 Å². The van der Waals surface area contributed by atoms with E-state index < -0.39 is 17.7 Å². The number of Topliss-reactive ketones (excluding diaryl/α,β-unsaturated/α-hetero) is 1. The Labute approximate surface area is 195 Å². The first-order chi connectivity index (χ1) is 15.3. The minimum atomic E-state index is -0.751. The van der Waals surface area contributed by atoms with Gasteiger partial charge < -0.3 is 9.84 Å². The zero-order valence-corrected chi connectivity index (χ0v) is 19.5. The van der Waals surface area contributed by atoms with Gasteiger partial charge in [0.1, 0.15) is 11.5 Å². The van der Waals surface area contributed by atoms with Crippen molar-refractivity contribution in [2.75, 3.05) is 12.0 Å². The number of aliphatic hydroxyl groups excluding tert-OH is 1. The van der Waals surface area contributed by atoms with Crippen molar-refractivity contribution < 1.29 is 19.4 Å². The molecule has 0 saturated carbocycles. The average molecular weight is 492 g/mol. The Balaban J connectivity index is 1.97. The molecule has 3 aromatic carbocycles. The number of aliphatic hydroxyl groups is 1. The summed E-state index contributed by atoms with van der Waals surface area (Å²) in [5.74, 6) is -1.02. The number of anilines is 1. The fourth-order valence-corrected chi connectivity index (χ4v) is 4.57. The zero-order valence-electron chi connectivity index (χ0n) is 17.9. The molecule has 5 nitrogen and oxygen atoms in total. The molecule has 1 heterocycles. The Morgan fingerprint density at radius 3 is 2.41 bits per heavy atom. The molecule has 1 amide bonds. The molecule has 0 bridgehead atoms. The maximum absolute atomic E-state index is 13.2. The van der Waals surface area contributed by atoms with Gasteiger partial charge in [-0.1, -0.05) is 36.4 Å². The summed E-state index contributed by atoms with van der Waals surface area (Å²) in [7, 11) is 1.55. The van der Waals surface area contributed by atoms with Crippen LogP contribution in [0, 0.1) is 13.8 Å². The normalized spacial score (nSPS) is 17.6. The molecular formula is C26H22BrNO4. The van der Waals surface area contributed by atoms with Gasteiger partial charge in [-0.05, 0) is 76.8 Å². The lowest BCUT2D eigenvalue weighted by atomic mass is 9.92. The van der Waals surface area contributed by atoms with Crippen LogP contribution in [0.1, 0.15) is 28.3 Å². The summed E-state index contributed by atoms with van der Waals surface area (Å²) >= 11 is 3.42. The van der Waals surface area contributed by atoms with Crippen LogP contribution in [0.4, 0.5) is 5.69 Å². The molecule has 0 radical (unpaired) electrons. The van der Waals surface area contributed by atoms with Gasteiger partial charge in [-0.15, -0.1) is 0 Å². The SMILES string of the molecule is COc1ccc(/C(O)=C2\C(=O)C(=O)N(c3cccc(C)c3)C2c2ccccc2C)cc1Br. The van der Waals surface area contributed by atoms with E-state index in [-0.39, 0.29) is 11.3 Å². The number of rotatable bonds is 4. The molecular weight excluding hydrogens is 470 g/mol. The number of ketones is 1. The molecule has 1 fully saturated rings. The van der Waals surface area contributed by atoms with Crippen molar-refractivity contribution in [1.82, 2.24) is 0 Å². The first-order valence-electron chi connectivity index (χ1n) is 10.1. The van der Waals surface area contributed by atoms with E-state index in [9.17, 15) is 14.7 Å². The molecule has 1 aliphatic rings. The van der Waals surface area contributed by atoms with Gasteiger partial charge in [-0.2, -0.15) is 0 Å². The maximum atomic E-state index is 13.2. The van der Waals surface area contributed by atoms with Crippen molar-refractivity contribution in [2.24, 2.45) is 0 Å². The second-order valence-electron chi connectivity index (χ2n) is 7.71. The Morgan fingerprint density at radius 2 is 1.75 bits per heavy atom. The van der Waals surface area contributed by atoms with Crippen LogP contribution in [0.2, 0.25) is 0 Å². The Bertz CT molecular complexity index is 1260. The van der Waals surface area contributed by atoms with E-state index >= 15 is 0 Å². The van der Waals surface area contributed by atoms with Gasteiger partial charge in [0.15, 0.2) is 0 Å². The smallest absolute Gasteiger partial charge is 0.300 e. The van der Waals surface area contributed by atoms with Crippen molar-refractivity contribution in [3.8, 4) is 5.75 Å². The number of benzene rings is 3. The highest BCUT2D eigenvalue weighted by Gasteiger charge is 2.47. The van der Waals surface area contributed by atoms with Gasteiger partial charge in [-0.25, -0.2) is 0 Å². The molecule has 32 heavy (non-hydrogen) atoms. The molecule has 0 aliphatic carbocycles. The van der Waals surface area contributed by atoms with Crippen LogP contribution in [0.15, 0.2) is 76.8 Å². The van der Waals surface area contributed by atoms with Crippen molar-refractivity contribution in [1.29, 1.82) is 0 Å². The zero-order chi connectivity index (χ0) is 23.0. The van der Waals surface area contributed by atoms with E-state index in [0.717, 1.165) is 16.7 Å². The first kappa shape index (κ1) is 21.8. The second-order valence-corrected chi connectivity index (χ2v) is 8.57. The molecule has 1 saturated heterocycles. The lowest BCUT2D eigenvalue weighted by molar-refractivity contribution is -0.132. The van der Waals surface area contributed by atoms with Crippen LogP contribution in [0.3, 0.4) is 0 Å². The van der Waals surface area contributed by atoms with Gasteiger partial charge in [0, 0.05) is 11.3 Å². The van der Waals surface area contributed by atoms with Crippen LogP contribution >= 0.6 is 15.9 Å². The highest BCUT2D eigenvalue weighted by atomic mass is 79.9. The number of ether oxygens (including phenoxy) is 1. The van der Waals surface area contributed by atoms with E-state index in [1.54, 1.807) is 31.4 Å². The fourth-order valence-electron chi connectivity index (χ4n) is 4.03. The molecule has 4 rings (SSSR count). The summed E-state index contributed by atoms with van der Waals surface area (Å²) in [6.07, 6.45) is 0. The van der Waals surface area contributed by atoms with Crippen molar-refractivity contribution >= 4 is 39.1 Å². The quantitative estimate of drug-likeness (QED) is 0.288. The summed E-state index contributed by atoms with van der Waals surface area (Å²) in [5, 5.41) is 11.3. The van der Waals surface area contributed by atoms with Gasteiger partial charge >= 0.3 is 0 Å². The Morgan fingerprint density at radius 1 is 1.00 bits per heavy atom. The van der Waals surface area contributed by atoms with Crippen LogP contribution in [0.5, 0.6) is 5.75 Å². The first-order valence-corrected chi connectivity index (χ1v) is 10.9. The number of nitrogens with zero attached hydrogens (tertiary/aromatic N) is 1. The van der Waals surface area contributed by atoms with Gasteiger partial charge in [0.2, 0.25) is 0 Å². The Hall–Kier alpha value is -3.38. The molecule has 0 spiro atoms. The summed E-state index contributed by atoms with van der Waals surface area (Å²) in [5.41, 5.74) is 3.74. The third-order valence-electron chi connectivity index (χ3n) is 5.63. The number of amides is 1. The monoisotopic (exact) mass is 491 g/mol. The van der Waals surface area contributed by atoms with E-state index in [2.05, 4.69) is 15.9 Å². The fraction of sp³-hybridized carbons (Fsp3) is 0.154. The highest BCUT2D eigenvalue weighted by Crippen LogP contribution is 2.43. The predicted molar refractivity (Wildman–Crippen MR) is 128 cm³/mol. The number of aryl methyl sites for hydroxylation is 2. The molecule has 1 aliphatic heterocycles. The van der Waals surface area contributed by atoms with Crippen LogP contribution in [-0.2, 0) is 9.59 Å². The van der Waals surface area contributed by atoms with Gasteiger partial charge in [0.25, 0.3) is 11.7 Å². The topological polar surface area (TPSA) is 66.8 Å². The number of hydrogen-bond acceptors (Lipinski definition) is 4. The molecule has 1 atom stereocenters. The van der Waals surface area contributed by atoms with Crippen LogP contribution in [0.25, 0.3) is 5.76 Å². The average Bonchev–Trinajstić information content (AvgIpc) is 3.04. The maximum Gasteiger partial charge on any atom is 0.300 e. The van der Waals surface area contributed by atoms with E-state index in [1.807, 2.05) is 56.3 Å². The molecule has 3 aromatic rings. The molecule has 162 valence electrons. The molecule has 6 heteroatoms. The number of methoxy groups -OCH3 is 1. The predicted octanol–water partition coefficient (Wildman–Crippen LogP) is 5.70. The van der Waals surface area contributed by atoms with Crippen molar-refractivity contribution in [3.63, 3.8) is 0 Å². The van der Waals surface area contributed by atoms with Crippen LogP contribution < -0.4 is 9.64 Å². The minimum absolute atomic E-state index is 0.0582. The number of carbonyl (C=O) groups excluding carboxylic acids is 2. The van der Waals surface area contributed by atoms with Gasteiger partial charge in [-0.3, -0.25) is 14.5 Å². The summed E-state index contributed by atoms with van der Waals surface area (Å²) in [6.45, 7) is 3.85. The molecule has 0 aromatic heterocycles. The lowest BCUT2D eigenvalue weighted by Crippen LogP contribution is -2.29. The Kier molecular flexibility index (Phi) is 5.89. The third-order valence-corrected chi connectivity index (χ3v) is 6.25. The number of halogens is 1. The largest absolute Gasteiger partial charge is 0.507 e. The van der Waals surface area contributed by atoms with Gasteiger partial charge in [0.05, 0.1) is 23.2 Å². The summed E-state index contributed by atoms with van der Waals surface area (Å²) in [4.78, 5) is 27.9. The van der Waals surface area contributed by atoms with Crippen LogP contribution in [-0.4, -0.2) is 23.9 Å². The van der Waals surface area contributed by atoms with E-state index in [0.29, 0.717) is 21.5 Å². The number of carbonyl (C=O) groups is 2. The summed E-state index contributed by atoms with van der Waals surface area (Å²) in [6, 6.07) is 19.3. The van der Waals surface area contributed by atoms with E-state index in [1.165, 1.54) is 4.90 Å². The summed E-state index contributed by atoms with van der Waals surface area (Å²) < 4.78 is 5.89. The standard InChI is InChI=1S/C26H22BrNO4/c1-15-7-6-9-18(13-15)28-23(19-10-5-4-8-16(19)2)22(25(30)26(28)31)24(29)17-11-12-21(32-3)20(27)14-17/h4-14,23,29H,1-3H3/b24-22+. The molecule has 1 N–H and O–H groups in total. The highest BCUT2D eigenvalue weighted by molar-refractivity contribution is 9.10. The van der Waals surface area contributed by atoms with Crippen molar-refractivity contribution in [2.45, 2.75) is 19.9 Å². The number of hydrogen-bond donors (Lipinski definition) is 1. The van der Waals surface area contributed by atoms with Crippen molar-refractivity contribution in [3.05, 3.63) is 99.0 Å². The lowest BCUT2D eigenvalue weighted by Gasteiger charge is -2.27. The second kappa shape index (κ2) is 8.63. The molecule has 1 unspecified atom stereocenters. The third kappa shape index (κ3) is 3.71. The minimum Gasteiger partial charge on any atom is -0.507 e.